The van der Waals surface area contributed by atoms with Gasteiger partial charge >= 0.3 is 0 Å². The van der Waals surface area contributed by atoms with Crippen LogP contribution in [0.4, 0.5) is 0 Å². The molecule has 27 heavy (non-hydrogen) atoms. The predicted molar refractivity (Wildman–Crippen MR) is 107 cm³/mol. The Morgan fingerprint density at radius 1 is 1.30 bits per heavy atom. The molecule has 1 saturated heterocycles. The van der Waals surface area contributed by atoms with Crippen LogP contribution in [0.25, 0.3) is 0 Å². The average Bonchev–Trinajstić information content (AvgIpc) is 3.30. The van der Waals surface area contributed by atoms with Crippen molar-refractivity contribution in [2.45, 2.75) is 27.2 Å². The number of furan rings is 1. The summed E-state index contributed by atoms with van der Waals surface area (Å²) in [4.78, 5) is 27.0. The summed E-state index contributed by atoms with van der Waals surface area (Å²) < 4.78 is 5.22. The van der Waals surface area contributed by atoms with Gasteiger partial charge in [-0.15, -0.1) is 11.3 Å². The van der Waals surface area contributed by atoms with Gasteiger partial charge in [0, 0.05) is 50.6 Å². The standard InChI is InChI=1S/C19H27N5O2S/c1-4-20-19(21-8-7-17-14(2)22-15(3)27-17)24-11-9-23(10-12-24)18(25)16-6-5-13-26-16/h5-6,13H,4,7-12H2,1-3H3,(H,20,21). The Kier molecular flexibility index (Phi) is 6.49. The number of aliphatic imine (C=N–C) groups is 1. The number of piperazine rings is 1. The molecule has 0 aromatic carbocycles. The van der Waals surface area contributed by atoms with Crippen molar-refractivity contribution in [3.8, 4) is 0 Å². The first-order valence-electron chi connectivity index (χ1n) is 9.37. The average molecular weight is 390 g/mol. The van der Waals surface area contributed by atoms with Crippen LogP contribution < -0.4 is 5.32 Å². The van der Waals surface area contributed by atoms with Gasteiger partial charge in [-0.1, -0.05) is 0 Å². The first-order chi connectivity index (χ1) is 13.1. The second-order valence-electron chi connectivity index (χ2n) is 6.48. The number of thiazole rings is 1. The molecule has 2 aromatic rings. The Morgan fingerprint density at radius 2 is 2.04 bits per heavy atom. The van der Waals surface area contributed by atoms with Crippen molar-refractivity contribution in [3.63, 3.8) is 0 Å². The molecule has 146 valence electrons. The van der Waals surface area contributed by atoms with Crippen molar-refractivity contribution in [1.82, 2.24) is 20.1 Å². The molecule has 7 nitrogen and oxygen atoms in total. The summed E-state index contributed by atoms with van der Waals surface area (Å²) >= 11 is 1.75. The fourth-order valence-corrected chi connectivity index (χ4v) is 4.10. The molecule has 3 rings (SSSR count). The number of amides is 1. The van der Waals surface area contributed by atoms with Crippen molar-refractivity contribution in [3.05, 3.63) is 39.7 Å². The van der Waals surface area contributed by atoms with Crippen LogP contribution >= 0.6 is 11.3 Å². The predicted octanol–water partition coefficient (Wildman–Crippen LogP) is 2.32. The SMILES string of the molecule is CCNC(=NCCc1sc(C)nc1C)N1CCN(C(=O)c2ccco2)CC1. The van der Waals surface area contributed by atoms with E-state index in [0.717, 1.165) is 49.3 Å². The van der Waals surface area contributed by atoms with Gasteiger partial charge in [0.1, 0.15) is 0 Å². The van der Waals surface area contributed by atoms with E-state index < -0.39 is 0 Å². The summed E-state index contributed by atoms with van der Waals surface area (Å²) in [5, 5.41) is 4.48. The fourth-order valence-electron chi connectivity index (χ4n) is 3.17. The molecular weight excluding hydrogens is 362 g/mol. The fraction of sp³-hybridized carbons (Fsp3) is 0.526. The lowest BCUT2D eigenvalue weighted by Gasteiger charge is -2.36. The lowest BCUT2D eigenvalue weighted by Crippen LogP contribution is -2.53. The van der Waals surface area contributed by atoms with E-state index in [0.29, 0.717) is 18.8 Å². The number of aromatic nitrogens is 1. The van der Waals surface area contributed by atoms with Crippen LogP contribution in [-0.2, 0) is 6.42 Å². The first kappa shape index (κ1) is 19.4. The van der Waals surface area contributed by atoms with Gasteiger partial charge in [-0.05, 0) is 32.9 Å². The van der Waals surface area contributed by atoms with Gasteiger partial charge < -0.3 is 19.5 Å². The van der Waals surface area contributed by atoms with E-state index in [2.05, 4.69) is 29.0 Å². The van der Waals surface area contributed by atoms with Crippen LogP contribution in [0.1, 0.15) is 33.1 Å². The van der Waals surface area contributed by atoms with Crippen molar-refractivity contribution >= 4 is 23.2 Å². The highest BCUT2D eigenvalue weighted by Gasteiger charge is 2.25. The van der Waals surface area contributed by atoms with Crippen LogP contribution in [0.15, 0.2) is 27.8 Å². The van der Waals surface area contributed by atoms with Gasteiger partial charge in [-0.2, -0.15) is 0 Å². The summed E-state index contributed by atoms with van der Waals surface area (Å²) in [6.45, 7) is 10.6. The molecule has 8 heteroatoms. The third-order valence-electron chi connectivity index (χ3n) is 4.53. The maximum absolute atomic E-state index is 12.4. The van der Waals surface area contributed by atoms with Gasteiger partial charge in [0.25, 0.3) is 5.91 Å². The highest BCUT2D eigenvalue weighted by molar-refractivity contribution is 7.11. The molecule has 3 heterocycles. The van der Waals surface area contributed by atoms with Crippen LogP contribution in [0.3, 0.4) is 0 Å². The van der Waals surface area contributed by atoms with Crippen molar-refractivity contribution in [2.24, 2.45) is 4.99 Å². The third-order valence-corrected chi connectivity index (χ3v) is 5.67. The van der Waals surface area contributed by atoms with Crippen LogP contribution in [0.2, 0.25) is 0 Å². The van der Waals surface area contributed by atoms with E-state index in [9.17, 15) is 4.79 Å². The molecule has 1 amide bonds. The third kappa shape index (κ3) is 4.88. The maximum Gasteiger partial charge on any atom is 0.289 e. The number of nitrogens with zero attached hydrogens (tertiary/aromatic N) is 4. The zero-order valence-electron chi connectivity index (χ0n) is 16.2. The van der Waals surface area contributed by atoms with E-state index in [1.165, 1.54) is 11.1 Å². The Bertz CT molecular complexity index is 776. The van der Waals surface area contributed by atoms with Crippen molar-refractivity contribution in [1.29, 1.82) is 0 Å². The topological polar surface area (TPSA) is 74.0 Å². The number of rotatable bonds is 5. The number of nitrogens with one attached hydrogen (secondary N) is 1. The zero-order valence-corrected chi connectivity index (χ0v) is 17.0. The van der Waals surface area contributed by atoms with E-state index in [1.54, 1.807) is 23.5 Å². The number of aryl methyl sites for hydroxylation is 2. The minimum Gasteiger partial charge on any atom is -0.459 e. The Balaban J connectivity index is 1.55. The Hall–Kier alpha value is -2.35. The number of carbonyl (C=O) groups excluding carboxylic acids is 1. The maximum atomic E-state index is 12.4. The second-order valence-corrected chi connectivity index (χ2v) is 7.77. The highest BCUT2D eigenvalue weighted by atomic mass is 32.1. The molecule has 0 radical (unpaired) electrons. The van der Waals surface area contributed by atoms with Gasteiger partial charge in [-0.25, -0.2) is 4.98 Å². The van der Waals surface area contributed by atoms with E-state index >= 15 is 0 Å². The smallest absolute Gasteiger partial charge is 0.289 e. The minimum absolute atomic E-state index is 0.0439. The molecule has 2 aromatic heterocycles. The van der Waals surface area contributed by atoms with Crippen LogP contribution in [0, 0.1) is 13.8 Å². The quantitative estimate of drug-likeness (QED) is 0.628. The van der Waals surface area contributed by atoms with E-state index in [1.807, 2.05) is 11.8 Å². The van der Waals surface area contributed by atoms with Crippen molar-refractivity contribution < 1.29 is 9.21 Å². The zero-order chi connectivity index (χ0) is 19.2. The van der Waals surface area contributed by atoms with E-state index in [-0.39, 0.29) is 5.91 Å². The monoisotopic (exact) mass is 389 g/mol. The summed E-state index contributed by atoms with van der Waals surface area (Å²) in [5.41, 5.74) is 1.11. The Labute approximate surface area is 164 Å². The first-order valence-corrected chi connectivity index (χ1v) is 10.2. The number of carbonyl (C=O) groups is 1. The van der Waals surface area contributed by atoms with Gasteiger partial charge in [0.05, 0.1) is 17.0 Å². The molecule has 0 atom stereocenters. The Morgan fingerprint density at radius 3 is 2.63 bits per heavy atom. The van der Waals surface area contributed by atoms with Gasteiger partial charge in [-0.3, -0.25) is 9.79 Å². The highest BCUT2D eigenvalue weighted by Crippen LogP contribution is 2.17. The molecule has 0 bridgehead atoms. The molecule has 1 aliphatic heterocycles. The molecule has 1 aliphatic rings. The molecular formula is C19H27N5O2S. The minimum atomic E-state index is -0.0439. The summed E-state index contributed by atoms with van der Waals surface area (Å²) in [5.74, 6) is 1.28. The number of hydrogen-bond donors (Lipinski definition) is 1. The molecule has 0 aliphatic carbocycles. The molecule has 1 N–H and O–H groups in total. The van der Waals surface area contributed by atoms with E-state index in [4.69, 9.17) is 9.41 Å². The largest absolute Gasteiger partial charge is 0.459 e. The van der Waals surface area contributed by atoms with Gasteiger partial charge in [0.15, 0.2) is 11.7 Å². The number of guanidine groups is 1. The second kappa shape index (κ2) is 9.03. The van der Waals surface area contributed by atoms with Gasteiger partial charge in [0.2, 0.25) is 0 Å². The van der Waals surface area contributed by atoms with Crippen LogP contribution in [-0.4, -0.2) is 65.9 Å². The molecule has 1 fully saturated rings. The molecule has 0 saturated carbocycles. The molecule has 0 unspecified atom stereocenters. The summed E-state index contributed by atoms with van der Waals surface area (Å²) in [7, 11) is 0. The molecule has 0 spiro atoms. The summed E-state index contributed by atoms with van der Waals surface area (Å²) in [6, 6.07) is 3.45. The lowest BCUT2D eigenvalue weighted by atomic mass is 10.3. The van der Waals surface area contributed by atoms with Crippen LogP contribution in [0.5, 0.6) is 0 Å². The number of hydrogen-bond acceptors (Lipinski definition) is 5. The normalized spacial score (nSPS) is 15.3. The lowest BCUT2D eigenvalue weighted by molar-refractivity contribution is 0.0657. The summed E-state index contributed by atoms with van der Waals surface area (Å²) in [6.07, 6.45) is 2.44. The van der Waals surface area contributed by atoms with Crippen molar-refractivity contribution in [2.75, 3.05) is 39.3 Å².